The van der Waals surface area contributed by atoms with Gasteiger partial charge in [-0.1, -0.05) is 6.92 Å². The normalized spacial score (nSPS) is 30.2. The highest BCUT2D eigenvalue weighted by Gasteiger charge is 2.41. The van der Waals surface area contributed by atoms with E-state index in [4.69, 9.17) is 4.74 Å². The predicted octanol–water partition coefficient (Wildman–Crippen LogP) is -0.0803. The molecule has 0 saturated carbocycles. The minimum atomic E-state index is -0.760. The number of nitrogens with one attached hydrogen (secondary N) is 1. The lowest BCUT2D eigenvalue weighted by Crippen LogP contribution is -2.25. The van der Waals surface area contributed by atoms with Gasteiger partial charge in [-0.3, -0.25) is 4.79 Å². The van der Waals surface area contributed by atoms with Crippen LogP contribution in [0, 0.1) is 12.8 Å². The summed E-state index contributed by atoms with van der Waals surface area (Å²) in [5.74, 6) is -0.189. The van der Waals surface area contributed by atoms with Gasteiger partial charge in [-0.25, -0.2) is 4.98 Å². The molecule has 1 fully saturated rings. The number of hydrogen-bond acceptors (Lipinski definition) is 5. The minimum absolute atomic E-state index is 0.152. The van der Waals surface area contributed by atoms with Crippen molar-refractivity contribution in [3.05, 3.63) is 28.4 Å². The maximum atomic E-state index is 11.8. The first-order chi connectivity index (χ1) is 9.52. The quantitative estimate of drug-likeness (QED) is 0.714. The molecule has 1 aliphatic heterocycles. The second kappa shape index (κ2) is 4.69. The molecule has 1 saturated heterocycles. The van der Waals surface area contributed by atoms with Gasteiger partial charge in [-0.05, 0) is 13.0 Å². The van der Waals surface area contributed by atoms with E-state index in [2.05, 4.69) is 9.97 Å². The van der Waals surface area contributed by atoms with Crippen LogP contribution in [0.5, 0.6) is 0 Å². The number of rotatable bonds is 2. The van der Waals surface area contributed by atoms with Crippen LogP contribution < -0.4 is 5.56 Å². The van der Waals surface area contributed by atoms with E-state index in [9.17, 15) is 15.0 Å². The fourth-order valence-corrected chi connectivity index (χ4v) is 2.67. The Morgan fingerprint density at radius 1 is 1.55 bits per heavy atom. The van der Waals surface area contributed by atoms with Gasteiger partial charge in [-0.2, -0.15) is 0 Å². The molecular weight excluding hydrogens is 262 g/mol. The van der Waals surface area contributed by atoms with Crippen molar-refractivity contribution >= 4 is 11.0 Å². The highest BCUT2D eigenvalue weighted by atomic mass is 16.5. The Morgan fingerprint density at radius 3 is 2.95 bits per heavy atom. The molecule has 108 valence electrons. The summed E-state index contributed by atoms with van der Waals surface area (Å²) in [4.78, 5) is 18.6. The number of fused-ring (bicyclic) bond motifs is 1. The Morgan fingerprint density at radius 2 is 2.30 bits per heavy atom. The molecule has 7 heteroatoms. The van der Waals surface area contributed by atoms with Crippen LogP contribution in [0.3, 0.4) is 0 Å². The summed E-state index contributed by atoms with van der Waals surface area (Å²) >= 11 is 0. The molecule has 0 spiro atoms. The van der Waals surface area contributed by atoms with Gasteiger partial charge in [0.05, 0.1) is 24.6 Å². The van der Waals surface area contributed by atoms with Crippen molar-refractivity contribution in [1.29, 1.82) is 0 Å². The molecule has 1 unspecified atom stereocenters. The second-order valence-corrected chi connectivity index (χ2v) is 5.26. The lowest BCUT2D eigenvalue weighted by atomic mass is 10.0. The number of pyridine rings is 1. The standard InChI is InChI=1S/C13H17N3O4/c1-6-3-8-10(12(19)15-6)14-5-16(8)13-11(18)7(2)9(4-17)20-13/h3,5,7,9,11,13,17-18H,4H2,1-2H3,(H,15,19)/t7?,9-,11+,13-/m1/s1. The number of ether oxygens (including phenoxy) is 1. The van der Waals surface area contributed by atoms with Crippen LogP contribution in [-0.2, 0) is 4.74 Å². The van der Waals surface area contributed by atoms with Gasteiger partial charge in [0.1, 0.15) is 6.10 Å². The molecular formula is C13H17N3O4. The number of aliphatic hydroxyl groups is 2. The van der Waals surface area contributed by atoms with Crippen LogP contribution in [0.25, 0.3) is 11.0 Å². The average molecular weight is 279 g/mol. The smallest absolute Gasteiger partial charge is 0.276 e. The van der Waals surface area contributed by atoms with Crippen LogP contribution >= 0.6 is 0 Å². The fraction of sp³-hybridized carbons (Fsp3) is 0.538. The number of hydrogen-bond donors (Lipinski definition) is 3. The number of H-pyrrole nitrogens is 1. The third-order valence-corrected chi connectivity index (χ3v) is 3.90. The Bertz CT molecular complexity index is 692. The van der Waals surface area contributed by atoms with Crippen molar-refractivity contribution in [2.75, 3.05) is 6.61 Å². The molecule has 0 amide bonds. The minimum Gasteiger partial charge on any atom is -0.394 e. The van der Waals surface area contributed by atoms with Gasteiger partial charge in [0, 0.05) is 11.6 Å². The number of aromatic amines is 1. The SMILES string of the molecule is Cc1cc2c(ncn2[C@@H]2O[C@H](CO)C(C)[C@@H]2O)c(=O)[nH]1. The van der Waals surface area contributed by atoms with Crippen molar-refractivity contribution in [3.63, 3.8) is 0 Å². The van der Waals surface area contributed by atoms with E-state index >= 15 is 0 Å². The second-order valence-electron chi connectivity index (χ2n) is 5.26. The van der Waals surface area contributed by atoms with Crippen molar-refractivity contribution < 1.29 is 14.9 Å². The van der Waals surface area contributed by atoms with Crippen molar-refractivity contribution in [2.24, 2.45) is 5.92 Å². The van der Waals surface area contributed by atoms with E-state index in [1.54, 1.807) is 17.6 Å². The molecule has 0 aliphatic carbocycles. The Hall–Kier alpha value is -1.70. The van der Waals surface area contributed by atoms with E-state index in [0.717, 1.165) is 0 Å². The maximum Gasteiger partial charge on any atom is 0.276 e. The fourth-order valence-electron chi connectivity index (χ4n) is 2.67. The highest BCUT2D eigenvalue weighted by Crippen LogP contribution is 2.34. The van der Waals surface area contributed by atoms with E-state index in [1.165, 1.54) is 6.33 Å². The molecule has 2 aromatic rings. The highest BCUT2D eigenvalue weighted by molar-refractivity contribution is 5.74. The van der Waals surface area contributed by atoms with E-state index in [1.807, 2.05) is 6.92 Å². The third kappa shape index (κ3) is 1.86. The van der Waals surface area contributed by atoms with Gasteiger partial charge in [-0.15, -0.1) is 0 Å². The summed E-state index contributed by atoms with van der Waals surface area (Å²) in [6.45, 7) is 3.45. The van der Waals surface area contributed by atoms with Gasteiger partial charge in [0.2, 0.25) is 0 Å². The van der Waals surface area contributed by atoms with Crippen molar-refractivity contribution in [1.82, 2.24) is 14.5 Å². The van der Waals surface area contributed by atoms with Gasteiger partial charge < -0.3 is 24.5 Å². The van der Waals surface area contributed by atoms with Gasteiger partial charge in [0.25, 0.3) is 5.56 Å². The molecule has 2 aromatic heterocycles. The van der Waals surface area contributed by atoms with Gasteiger partial charge >= 0.3 is 0 Å². The Balaban J connectivity index is 2.09. The molecule has 1 aliphatic rings. The number of aromatic nitrogens is 3. The number of aryl methyl sites for hydroxylation is 1. The van der Waals surface area contributed by atoms with Crippen LogP contribution in [0.4, 0.5) is 0 Å². The lowest BCUT2D eigenvalue weighted by Gasteiger charge is -2.17. The van der Waals surface area contributed by atoms with E-state index in [0.29, 0.717) is 16.7 Å². The molecule has 20 heavy (non-hydrogen) atoms. The third-order valence-electron chi connectivity index (χ3n) is 3.90. The first-order valence-electron chi connectivity index (χ1n) is 6.53. The van der Waals surface area contributed by atoms with E-state index in [-0.39, 0.29) is 18.1 Å². The summed E-state index contributed by atoms with van der Waals surface area (Å²) in [6, 6.07) is 1.79. The zero-order valence-corrected chi connectivity index (χ0v) is 11.3. The summed E-state index contributed by atoms with van der Waals surface area (Å²) in [5.41, 5.74) is 1.37. The maximum absolute atomic E-state index is 11.8. The number of aliphatic hydroxyl groups excluding tert-OH is 2. The summed E-state index contributed by atoms with van der Waals surface area (Å²) in [5, 5.41) is 19.5. The molecule has 3 rings (SSSR count). The molecule has 0 bridgehead atoms. The van der Waals surface area contributed by atoms with Crippen molar-refractivity contribution in [3.8, 4) is 0 Å². The van der Waals surface area contributed by atoms with Gasteiger partial charge in [0.15, 0.2) is 11.7 Å². The molecule has 3 N–H and O–H groups in total. The van der Waals surface area contributed by atoms with Crippen LogP contribution in [0.2, 0.25) is 0 Å². The Labute approximate surface area is 114 Å². The van der Waals surface area contributed by atoms with Crippen LogP contribution in [0.15, 0.2) is 17.2 Å². The molecule has 0 aromatic carbocycles. The largest absolute Gasteiger partial charge is 0.394 e. The van der Waals surface area contributed by atoms with E-state index < -0.39 is 18.4 Å². The predicted molar refractivity (Wildman–Crippen MR) is 71.3 cm³/mol. The first-order valence-corrected chi connectivity index (χ1v) is 6.53. The molecule has 4 atom stereocenters. The molecule has 7 nitrogen and oxygen atoms in total. The van der Waals surface area contributed by atoms with Crippen molar-refractivity contribution in [2.45, 2.75) is 32.3 Å². The number of imidazole rings is 1. The zero-order chi connectivity index (χ0) is 14.4. The lowest BCUT2D eigenvalue weighted by molar-refractivity contribution is -0.0489. The Kier molecular flexibility index (Phi) is 3.12. The molecule has 3 heterocycles. The molecule has 0 radical (unpaired) electrons. The number of nitrogens with zero attached hydrogens (tertiary/aromatic N) is 2. The van der Waals surface area contributed by atoms with Crippen LogP contribution in [-0.4, -0.2) is 43.6 Å². The zero-order valence-electron chi connectivity index (χ0n) is 11.3. The average Bonchev–Trinajstić information content (AvgIpc) is 2.93. The monoisotopic (exact) mass is 279 g/mol. The first kappa shape index (κ1) is 13.3. The summed E-state index contributed by atoms with van der Waals surface area (Å²) in [7, 11) is 0. The van der Waals surface area contributed by atoms with Crippen LogP contribution in [0.1, 0.15) is 18.8 Å². The topological polar surface area (TPSA) is 100 Å². The summed E-state index contributed by atoms with van der Waals surface area (Å²) < 4.78 is 7.33. The summed E-state index contributed by atoms with van der Waals surface area (Å²) in [6.07, 6.45) is -0.340.